The standard InChI is InChI=1S/C14H21N5O/c1-11-12(2)20-14(17-11)8-18-6-4-3-5-13(18)7-19-10-15-9-16-19/h9-10,13H,3-8H2,1-2H3/t13-/m1/s1. The first-order chi connectivity index (χ1) is 9.72. The minimum absolute atomic E-state index is 0.484. The SMILES string of the molecule is Cc1nc(CN2CCCC[C@@H]2Cn2cncn2)oc1C. The van der Waals surface area contributed by atoms with Crippen LogP contribution in [0.1, 0.15) is 36.6 Å². The van der Waals surface area contributed by atoms with E-state index in [0.29, 0.717) is 6.04 Å². The van der Waals surface area contributed by atoms with E-state index in [1.165, 1.54) is 19.3 Å². The second kappa shape index (κ2) is 5.75. The number of likely N-dealkylation sites (tertiary alicyclic amines) is 1. The van der Waals surface area contributed by atoms with Gasteiger partial charge in [0.2, 0.25) is 5.89 Å². The van der Waals surface area contributed by atoms with Crippen LogP contribution in [0.25, 0.3) is 0 Å². The van der Waals surface area contributed by atoms with E-state index in [9.17, 15) is 0 Å². The van der Waals surface area contributed by atoms with Crippen LogP contribution < -0.4 is 0 Å². The maximum Gasteiger partial charge on any atom is 0.208 e. The third kappa shape index (κ3) is 2.90. The van der Waals surface area contributed by atoms with Gasteiger partial charge in [-0.3, -0.25) is 9.58 Å². The Bertz CT molecular complexity index is 528. The molecule has 1 saturated heterocycles. The molecule has 0 radical (unpaired) electrons. The summed E-state index contributed by atoms with van der Waals surface area (Å²) in [5.41, 5.74) is 0.991. The Morgan fingerprint density at radius 3 is 2.95 bits per heavy atom. The molecule has 0 amide bonds. The number of oxazole rings is 1. The van der Waals surface area contributed by atoms with Crippen LogP contribution in [0.4, 0.5) is 0 Å². The van der Waals surface area contributed by atoms with E-state index >= 15 is 0 Å². The summed E-state index contributed by atoms with van der Waals surface area (Å²) in [5.74, 6) is 1.75. The maximum atomic E-state index is 5.71. The average molecular weight is 275 g/mol. The van der Waals surface area contributed by atoms with Crippen molar-refractivity contribution in [2.24, 2.45) is 0 Å². The van der Waals surface area contributed by atoms with Gasteiger partial charge in [0, 0.05) is 6.04 Å². The molecule has 0 unspecified atom stereocenters. The molecule has 0 saturated carbocycles. The van der Waals surface area contributed by atoms with Gasteiger partial charge in [0.15, 0.2) is 0 Å². The number of nitrogens with zero attached hydrogens (tertiary/aromatic N) is 5. The highest BCUT2D eigenvalue weighted by Gasteiger charge is 2.24. The van der Waals surface area contributed by atoms with E-state index in [4.69, 9.17) is 4.42 Å². The van der Waals surface area contributed by atoms with E-state index in [1.54, 1.807) is 12.7 Å². The van der Waals surface area contributed by atoms with Crippen LogP contribution in [0.3, 0.4) is 0 Å². The minimum atomic E-state index is 0.484. The van der Waals surface area contributed by atoms with Crippen LogP contribution >= 0.6 is 0 Å². The first-order valence-corrected chi connectivity index (χ1v) is 7.22. The lowest BCUT2D eigenvalue weighted by atomic mass is 10.0. The Labute approximate surface area is 118 Å². The van der Waals surface area contributed by atoms with E-state index in [-0.39, 0.29) is 0 Å². The molecular formula is C14H21N5O. The summed E-state index contributed by atoms with van der Waals surface area (Å²) in [5, 5.41) is 4.21. The molecule has 20 heavy (non-hydrogen) atoms. The monoisotopic (exact) mass is 275 g/mol. The third-order valence-electron chi connectivity index (χ3n) is 4.02. The summed E-state index contributed by atoms with van der Waals surface area (Å²) in [4.78, 5) is 11.0. The number of rotatable bonds is 4. The van der Waals surface area contributed by atoms with E-state index in [1.807, 2.05) is 18.5 Å². The first kappa shape index (κ1) is 13.3. The molecule has 1 aliphatic heterocycles. The summed E-state index contributed by atoms with van der Waals surface area (Å²) in [6.45, 7) is 6.73. The van der Waals surface area contributed by atoms with E-state index in [2.05, 4.69) is 20.0 Å². The fourth-order valence-corrected chi connectivity index (χ4v) is 2.80. The highest BCUT2D eigenvalue weighted by Crippen LogP contribution is 2.21. The number of hydrogen-bond acceptors (Lipinski definition) is 5. The quantitative estimate of drug-likeness (QED) is 0.853. The zero-order chi connectivity index (χ0) is 13.9. The van der Waals surface area contributed by atoms with Crippen LogP contribution in [0.15, 0.2) is 17.1 Å². The van der Waals surface area contributed by atoms with Crippen LogP contribution in [0, 0.1) is 13.8 Å². The van der Waals surface area contributed by atoms with Crippen molar-refractivity contribution in [3.05, 3.63) is 30.0 Å². The van der Waals surface area contributed by atoms with Gasteiger partial charge in [0.05, 0.1) is 18.8 Å². The smallest absolute Gasteiger partial charge is 0.208 e. The second-order valence-corrected chi connectivity index (χ2v) is 5.49. The normalized spacial score (nSPS) is 20.4. The lowest BCUT2D eigenvalue weighted by Crippen LogP contribution is -2.41. The molecule has 3 rings (SSSR count). The second-order valence-electron chi connectivity index (χ2n) is 5.49. The van der Waals surface area contributed by atoms with Crippen LogP contribution in [0.2, 0.25) is 0 Å². The highest BCUT2D eigenvalue weighted by molar-refractivity contribution is 5.05. The molecule has 1 fully saturated rings. The van der Waals surface area contributed by atoms with E-state index in [0.717, 1.165) is 37.0 Å². The molecule has 1 aliphatic rings. The number of aryl methyl sites for hydroxylation is 2. The van der Waals surface area contributed by atoms with Crippen molar-refractivity contribution in [1.82, 2.24) is 24.6 Å². The summed E-state index contributed by atoms with van der Waals surface area (Å²) >= 11 is 0. The molecule has 2 aromatic rings. The van der Waals surface area contributed by atoms with Gasteiger partial charge in [0.25, 0.3) is 0 Å². The molecule has 0 aromatic carbocycles. The zero-order valence-electron chi connectivity index (χ0n) is 12.1. The van der Waals surface area contributed by atoms with Gasteiger partial charge in [-0.25, -0.2) is 9.97 Å². The van der Waals surface area contributed by atoms with E-state index < -0.39 is 0 Å². The maximum absolute atomic E-state index is 5.71. The molecule has 3 heterocycles. The van der Waals surface area contributed by atoms with Crippen molar-refractivity contribution in [3.63, 3.8) is 0 Å². The van der Waals surface area contributed by atoms with Crippen molar-refractivity contribution in [1.29, 1.82) is 0 Å². The van der Waals surface area contributed by atoms with Gasteiger partial charge >= 0.3 is 0 Å². The van der Waals surface area contributed by atoms with Gasteiger partial charge in [-0.15, -0.1) is 0 Å². The van der Waals surface area contributed by atoms with Crippen molar-refractivity contribution < 1.29 is 4.42 Å². The Balaban J connectivity index is 1.68. The van der Waals surface area contributed by atoms with Gasteiger partial charge in [0.1, 0.15) is 18.4 Å². The van der Waals surface area contributed by atoms with Crippen molar-refractivity contribution in [3.8, 4) is 0 Å². The largest absolute Gasteiger partial charge is 0.444 e. The molecular weight excluding hydrogens is 254 g/mol. The predicted octanol–water partition coefficient (Wildman–Crippen LogP) is 1.94. The molecule has 108 valence electrons. The van der Waals surface area contributed by atoms with Crippen molar-refractivity contribution >= 4 is 0 Å². The minimum Gasteiger partial charge on any atom is -0.444 e. The summed E-state index contributed by atoms with van der Waals surface area (Å²) in [6.07, 6.45) is 7.09. The van der Waals surface area contributed by atoms with Crippen LogP contribution in [-0.4, -0.2) is 37.2 Å². The lowest BCUT2D eigenvalue weighted by Gasteiger charge is -2.34. The van der Waals surface area contributed by atoms with Gasteiger partial charge in [-0.1, -0.05) is 6.42 Å². The number of piperidine rings is 1. The highest BCUT2D eigenvalue weighted by atomic mass is 16.4. The fraction of sp³-hybridized carbons (Fsp3) is 0.643. The van der Waals surface area contributed by atoms with Gasteiger partial charge in [-0.05, 0) is 33.2 Å². The molecule has 2 aromatic heterocycles. The topological polar surface area (TPSA) is 60.0 Å². The first-order valence-electron chi connectivity index (χ1n) is 7.22. The van der Waals surface area contributed by atoms with Gasteiger partial charge in [-0.2, -0.15) is 5.10 Å². The predicted molar refractivity (Wildman–Crippen MR) is 74.0 cm³/mol. The molecule has 0 N–H and O–H groups in total. The summed E-state index contributed by atoms with van der Waals surface area (Å²) in [6, 6.07) is 0.484. The fourth-order valence-electron chi connectivity index (χ4n) is 2.80. The molecule has 1 atom stereocenters. The molecule has 0 bridgehead atoms. The van der Waals surface area contributed by atoms with Crippen molar-refractivity contribution in [2.45, 2.75) is 52.2 Å². The summed E-state index contributed by atoms with van der Waals surface area (Å²) < 4.78 is 7.62. The van der Waals surface area contributed by atoms with Crippen LogP contribution in [0.5, 0.6) is 0 Å². The van der Waals surface area contributed by atoms with Crippen LogP contribution in [-0.2, 0) is 13.1 Å². The average Bonchev–Trinajstić information content (AvgIpc) is 3.03. The Morgan fingerprint density at radius 1 is 1.35 bits per heavy atom. The Kier molecular flexibility index (Phi) is 3.82. The molecule has 0 aliphatic carbocycles. The van der Waals surface area contributed by atoms with Crippen molar-refractivity contribution in [2.75, 3.05) is 6.54 Å². The molecule has 6 nitrogen and oxygen atoms in total. The molecule has 6 heteroatoms. The zero-order valence-corrected chi connectivity index (χ0v) is 12.1. The third-order valence-corrected chi connectivity index (χ3v) is 4.02. The van der Waals surface area contributed by atoms with Gasteiger partial charge < -0.3 is 4.42 Å². The summed E-state index contributed by atoms with van der Waals surface area (Å²) in [7, 11) is 0. The Hall–Kier alpha value is -1.69. The number of hydrogen-bond donors (Lipinski definition) is 0. The number of aromatic nitrogens is 4. The molecule has 0 spiro atoms. The lowest BCUT2D eigenvalue weighted by molar-refractivity contribution is 0.110. The Morgan fingerprint density at radius 2 is 2.25 bits per heavy atom.